The van der Waals surface area contributed by atoms with E-state index in [2.05, 4.69) is 25.4 Å². The van der Waals surface area contributed by atoms with E-state index in [-0.39, 0.29) is 17.6 Å². The monoisotopic (exact) mass is 368 g/mol. The lowest BCUT2D eigenvalue weighted by molar-refractivity contribution is 0.0928. The summed E-state index contributed by atoms with van der Waals surface area (Å²) >= 11 is 0. The third-order valence-electron chi connectivity index (χ3n) is 4.80. The first-order chi connectivity index (χ1) is 13.2. The van der Waals surface area contributed by atoms with Crippen LogP contribution in [0.15, 0.2) is 41.5 Å². The molecule has 27 heavy (non-hydrogen) atoms. The highest BCUT2D eigenvalue weighted by Gasteiger charge is 2.24. The number of aromatic amines is 1. The quantitative estimate of drug-likeness (QED) is 0.707. The zero-order chi connectivity index (χ0) is 18.8. The zero-order valence-electron chi connectivity index (χ0n) is 14.9. The predicted octanol–water partition coefficient (Wildman–Crippen LogP) is 0.825. The number of nitrogens with one attached hydrogen (secondary N) is 2. The van der Waals surface area contributed by atoms with Gasteiger partial charge >= 0.3 is 5.69 Å². The SMILES string of the molecule is COc1ccccc1C(=O)NC1CCN(c2nccn3c(=O)[nH]nc23)CC1. The summed E-state index contributed by atoms with van der Waals surface area (Å²) in [5, 5.41) is 9.58. The van der Waals surface area contributed by atoms with Crippen molar-refractivity contribution in [2.45, 2.75) is 18.9 Å². The van der Waals surface area contributed by atoms with Crippen molar-refractivity contribution >= 4 is 17.4 Å². The van der Waals surface area contributed by atoms with Crippen LogP contribution in [-0.4, -0.2) is 51.7 Å². The second-order valence-corrected chi connectivity index (χ2v) is 6.41. The molecule has 3 heterocycles. The molecule has 1 fully saturated rings. The van der Waals surface area contributed by atoms with Crippen LogP contribution in [0.1, 0.15) is 23.2 Å². The first-order valence-corrected chi connectivity index (χ1v) is 8.78. The van der Waals surface area contributed by atoms with Crippen LogP contribution in [0.25, 0.3) is 5.65 Å². The number of hydrogen-bond acceptors (Lipinski definition) is 6. The van der Waals surface area contributed by atoms with E-state index >= 15 is 0 Å². The van der Waals surface area contributed by atoms with Gasteiger partial charge in [-0.2, -0.15) is 0 Å². The highest BCUT2D eigenvalue weighted by atomic mass is 16.5. The minimum atomic E-state index is -0.285. The highest BCUT2D eigenvalue weighted by molar-refractivity contribution is 5.97. The number of para-hydroxylation sites is 1. The minimum Gasteiger partial charge on any atom is -0.496 e. The van der Waals surface area contributed by atoms with Gasteiger partial charge in [0, 0.05) is 31.5 Å². The molecule has 4 rings (SSSR count). The summed E-state index contributed by atoms with van der Waals surface area (Å²) in [6.45, 7) is 1.43. The lowest BCUT2D eigenvalue weighted by Gasteiger charge is -2.33. The van der Waals surface area contributed by atoms with E-state index < -0.39 is 0 Å². The second kappa shape index (κ2) is 7.10. The molecular weight excluding hydrogens is 348 g/mol. The van der Waals surface area contributed by atoms with Crippen LogP contribution in [0.4, 0.5) is 5.82 Å². The standard InChI is InChI=1S/C18H20N6O3/c1-27-14-5-3-2-4-13(14)17(25)20-12-6-9-23(10-7-12)15-16-21-22-18(26)24(16)11-8-19-15/h2-5,8,11-12H,6-7,9-10H2,1H3,(H,20,25)(H,22,26). The van der Waals surface area contributed by atoms with Crippen LogP contribution in [0.3, 0.4) is 0 Å². The molecule has 2 N–H and O–H groups in total. The van der Waals surface area contributed by atoms with Gasteiger partial charge in [0.15, 0.2) is 5.82 Å². The van der Waals surface area contributed by atoms with Gasteiger partial charge < -0.3 is 15.0 Å². The number of methoxy groups -OCH3 is 1. The van der Waals surface area contributed by atoms with E-state index in [9.17, 15) is 9.59 Å². The average Bonchev–Trinajstić information content (AvgIpc) is 3.10. The molecule has 1 amide bonds. The third-order valence-corrected chi connectivity index (χ3v) is 4.80. The summed E-state index contributed by atoms with van der Waals surface area (Å²) in [6, 6.07) is 7.25. The molecule has 140 valence electrons. The number of aromatic nitrogens is 4. The van der Waals surface area contributed by atoms with Gasteiger partial charge in [-0.3, -0.25) is 4.79 Å². The van der Waals surface area contributed by atoms with Crippen molar-refractivity contribution in [1.29, 1.82) is 0 Å². The van der Waals surface area contributed by atoms with Crippen molar-refractivity contribution < 1.29 is 9.53 Å². The maximum absolute atomic E-state index is 12.6. The smallest absolute Gasteiger partial charge is 0.347 e. The molecule has 1 aromatic carbocycles. The molecule has 0 spiro atoms. The van der Waals surface area contributed by atoms with Gasteiger partial charge in [-0.25, -0.2) is 19.3 Å². The highest BCUT2D eigenvalue weighted by Crippen LogP contribution is 2.22. The Bertz CT molecular complexity index is 1020. The van der Waals surface area contributed by atoms with E-state index in [1.165, 1.54) is 4.40 Å². The minimum absolute atomic E-state index is 0.0692. The fourth-order valence-electron chi connectivity index (χ4n) is 3.38. The molecular formula is C18H20N6O3. The maximum atomic E-state index is 12.6. The van der Waals surface area contributed by atoms with E-state index in [1.54, 1.807) is 31.6 Å². The summed E-state index contributed by atoms with van der Waals surface area (Å²) in [7, 11) is 1.55. The van der Waals surface area contributed by atoms with Crippen molar-refractivity contribution in [2.75, 3.05) is 25.1 Å². The number of anilines is 1. The van der Waals surface area contributed by atoms with Crippen molar-refractivity contribution in [1.82, 2.24) is 24.9 Å². The van der Waals surface area contributed by atoms with E-state index in [0.717, 1.165) is 12.8 Å². The number of hydrogen-bond donors (Lipinski definition) is 2. The Morgan fingerprint density at radius 1 is 1.30 bits per heavy atom. The normalized spacial score (nSPS) is 15.1. The number of carbonyl (C=O) groups excluding carboxylic acids is 1. The largest absolute Gasteiger partial charge is 0.496 e. The summed E-state index contributed by atoms with van der Waals surface area (Å²) in [6.07, 6.45) is 4.73. The van der Waals surface area contributed by atoms with Gasteiger partial charge in [-0.1, -0.05) is 12.1 Å². The number of nitrogens with zero attached hydrogens (tertiary/aromatic N) is 4. The molecule has 9 heteroatoms. The number of piperidine rings is 1. The number of H-pyrrole nitrogens is 1. The number of amides is 1. The van der Waals surface area contributed by atoms with Crippen LogP contribution in [0.2, 0.25) is 0 Å². The molecule has 1 aliphatic heterocycles. The molecule has 2 aromatic heterocycles. The third kappa shape index (κ3) is 3.23. The number of benzene rings is 1. The topological polar surface area (TPSA) is 105 Å². The second-order valence-electron chi connectivity index (χ2n) is 6.41. The van der Waals surface area contributed by atoms with E-state index in [4.69, 9.17) is 4.74 Å². The van der Waals surface area contributed by atoms with Crippen LogP contribution >= 0.6 is 0 Å². The number of rotatable bonds is 4. The predicted molar refractivity (Wildman–Crippen MR) is 99.3 cm³/mol. The first kappa shape index (κ1) is 17.1. The Kier molecular flexibility index (Phi) is 4.49. The summed E-state index contributed by atoms with van der Waals surface area (Å²) in [5.74, 6) is 1.10. The Balaban J connectivity index is 1.43. The van der Waals surface area contributed by atoms with Crippen molar-refractivity contribution in [3.63, 3.8) is 0 Å². The Labute approximate surface area is 155 Å². The number of ether oxygens (including phenoxy) is 1. The lowest BCUT2D eigenvalue weighted by Crippen LogP contribution is -2.45. The van der Waals surface area contributed by atoms with Crippen molar-refractivity contribution in [3.8, 4) is 5.75 Å². The van der Waals surface area contributed by atoms with Gasteiger partial charge in [0.05, 0.1) is 12.7 Å². The van der Waals surface area contributed by atoms with Crippen LogP contribution in [-0.2, 0) is 0 Å². The number of fused-ring (bicyclic) bond motifs is 1. The molecule has 0 aliphatic carbocycles. The van der Waals surface area contributed by atoms with Crippen molar-refractivity contribution in [3.05, 3.63) is 52.7 Å². The van der Waals surface area contributed by atoms with Gasteiger partial charge in [0.2, 0.25) is 5.65 Å². The van der Waals surface area contributed by atoms with E-state index in [0.29, 0.717) is 35.9 Å². The van der Waals surface area contributed by atoms with Gasteiger partial charge in [-0.05, 0) is 25.0 Å². The average molecular weight is 368 g/mol. The number of carbonyl (C=O) groups is 1. The molecule has 0 atom stereocenters. The van der Waals surface area contributed by atoms with Crippen LogP contribution in [0.5, 0.6) is 5.75 Å². The fourth-order valence-corrected chi connectivity index (χ4v) is 3.38. The molecule has 1 aliphatic rings. The Hall–Kier alpha value is -3.36. The first-order valence-electron chi connectivity index (χ1n) is 8.78. The molecule has 0 unspecified atom stereocenters. The lowest BCUT2D eigenvalue weighted by atomic mass is 10.0. The maximum Gasteiger partial charge on any atom is 0.347 e. The molecule has 0 saturated carbocycles. The van der Waals surface area contributed by atoms with Gasteiger partial charge in [0.25, 0.3) is 5.91 Å². The summed E-state index contributed by atoms with van der Waals surface area (Å²) in [5.41, 5.74) is 0.761. The molecule has 3 aromatic rings. The van der Waals surface area contributed by atoms with Crippen LogP contribution in [0, 0.1) is 0 Å². The fraction of sp³-hybridized carbons (Fsp3) is 0.333. The Morgan fingerprint density at radius 2 is 2.07 bits per heavy atom. The van der Waals surface area contributed by atoms with Crippen LogP contribution < -0.4 is 20.6 Å². The molecule has 9 nitrogen and oxygen atoms in total. The van der Waals surface area contributed by atoms with E-state index in [1.807, 2.05) is 12.1 Å². The zero-order valence-corrected chi connectivity index (χ0v) is 14.9. The molecule has 1 saturated heterocycles. The Morgan fingerprint density at radius 3 is 2.85 bits per heavy atom. The van der Waals surface area contributed by atoms with Crippen molar-refractivity contribution in [2.24, 2.45) is 0 Å². The molecule has 0 bridgehead atoms. The molecule has 0 radical (unpaired) electrons. The van der Waals surface area contributed by atoms with Gasteiger partial charge in [-0.15, -0.1) is 5.10 Å². The van der Waals surface area contributed by atoms with Gasteiger partial charge in [0.1, 0.15) is 5.75 Å². The summed E-state index contributed by atoms with van der Waals surface area (Å²) in [4.78, 5) is 30.7. The summed E-state index contributed by atoms with van der Waals surface area (Å²) < 4.78 is 6.70.